The Labute approximate surface area is 215 Å². The number of aromatic nitrogens is 2. The van der Waals surface area contributed by atoms with Gasteiger partial charge in [0.15, 0.2) is 5.69 Å². The monoisotopic (exact) mass is 498 g/mol. The van der Waals surface area contributed by atoms with Crippen molar-refractivity contribution in [3.8, 4) is 22.8 Å². The SMILES string of the molecule is CCC(C)Cn1nc(C(=O)NC(CC(=O)NC2CCCC2)C(C)C)cc1-c1c(OC)cccc1OC. The molecule has 1 aromatic carbocycles. The second-order valence-corrected chi connectivity index (χ2v) is 10.2. The van der Waals surface area contributed by atoms with Gasteiger partial charge in [-0.3, -0.25) is 14.3 Å². The minimum Gasteiger partial charge on any atom is -0.496 e. The van der Waals surface area contributed by atoms with Crippen molar-refractivity contribution in [3.63, 3.8) is 0 Å². The van der Waals surface area contributed by atoms with E-state index in [0.717, 1.165) is 43.4 Å². The Morgan fingerprint density at radius 2 is 1.75 bits per heavy atom. The van der Waals surface area contributed by atoms with Crippen LogP contribution in [0.15, 0.2) is 24.3 Å². The summed E-state index contributed by atoms with van der Waals surface area (Å²) >= 11 is 0. The van der Waals surface area contributed by atoms with E-state index in [1.54, 1.807) is 20.3 Å². The molecule has 1 aliphatic rings. The van der Waals surface area contributed by atoms with Crippen molar-refractivity contribution < 1.29 is 19.1 Å². The molecule has 1 aromatic heterocycles. The third-order valence-corrected chi connectivity index (χ3v) is 7.12. The first-order valence-corrected chi connectivity index (χ1v) is 13.2. The molecule has 198 valence electrons. The Balaban J connectivity index is 1.87. The van der Waals surface area contributed by atoms with Gasteiger partial charge in [0, 0.05) is 25.0 Å². The van der Waals surface area contributed by atoms with Crippen LogP contribution in [0.5, 0.6) is 11.5 Å². The van der Waals surface area contributed by atoms with Gasteiger partial charge < -0.3 is 20.1 Å². The van der Waals surface area contributed by atoms with Crippen molar-refractivity contribution in [2.24, 2.45) is 11.8 Å². The number of rotatable bonds is 12. The lowest BCUT2D eigenvalue weighted by Gasteiger charge is -2.22. The second-order valence-electron chi connectivity index (χ2n) is 10.2. The predicted molar refractivity (Wildman–Crippen MR) is 141 cm³/mol. The molecule has 2 N–H and O–H groups in total. The molecule has 8 heteroatoms. The highest BCUT2D eigenvalue weighted by molar-refractivity contribution is 5.94. The predicted octanol–water partition coefficient (Wildman–Crippen LogP) is 4.82. The highest BCUT2D eigenvalue weighted by Gasteiger charge is 2.26. The molecule has 2 unspecified atom stereocenters. The van der Waals surface area contributed by atoms with Gasteiger partial charge in [0.2, 0.25) is 5.91 Å². The van der Waals surface area contributed by atoms with Crippen molar-refractivity contribution in [2.45, 2.75) is 84.8 Å². The van der Waals surface area contributed by atoms with E-state index in [2.05, 4.69) is 24.5 Å². The molecule has 36 heavy (non-hydrogen) atoms. The van der Waals surface area contributed by atoms with Crippen LogP contribution in [0.4, 0.5) is 0 Å². The van der Waals surface area contributed by atoms with Crippen LogP contribution in [0.2, 0.25) is 0 Å². The normalized spacial score (nSPS) is 15.5. The van der Waals surface area contributed by atoms with E-state index in [1.165, 1.54) is 0 Å². The molecule has 2 atom stereocenters. The number of nitrogens with zero attached hydrogens (tertiary/aromatic N) is 2. The highest BCUT2D eigenvalue weighted by atomic mass is 16.5. The molecule has 0 aliphatic heterocycles. The molecular formula is C28H42N4O4. The molecule has 0 radical (unpaired) electrons. The number of hydrogen-bond acceptors (Lipinski definition) is 5. The molecule has 2 amide bonds. The summed E-state index contributed by atoms with van der Waals surface area (Å²) in [7, 11) is 3.23. The first-order valence-electron chi connectivity index (χ1n) is 13.2. The van der Waals surface area contributed by atoms with Crippen molar-refractivity contribution in [1.29, 1.82) is 0 Å². The van der Waals surface area contributed by atoms with E-state index in [-0.39, 0.29) is 36.2 Å². The smallest absolute Gasteiger partial charge is 0.272 e. The molecule has 1 fully saturated rings. The summed E-state index contributed by atoms with van der Waals surface area (Å²) in [5.41, 5.74) is 1.83. The number of amides is 2. The lowest BCUT2D eigenvalue weighted by molar-refractivity contribution is -0.122. The maximum Gasteiger partial charge on any atom is 0.272 e. The van der Waals surface area contributed by atoms with Crippen LogP contribution in [-0.4, -0.2) is 47.9 Å². The molecule has 1 heterocycles. The lowest BCUT2D eigenvalue weighted by atomic mass is 10.00. The Bertz CT molecular complexity index is 1000. The number of carbonyl (C=O) groups excluding carboxylic acids is 2. The number of ether oxygens (including phenoxy) is 2. The van der Waals surface area contributed by atoms with Gasteiger partial charge in [0.25, 0.3) is 5.91 Å². The fourth-order valence-corrected chi connectivity index (χ4v) is 4.65. The number of methoxy groups -OCH3 is 2. The van der Waals surface area contributed by atoms with Gasteiger partial charge >= 0.3 is 0 Å². The van der Waals surface area contributed by atoms with Crippen LogP contribution in [0.25, 0.3) is 11.3 Å². The van der Waals surface area contributed by atoms with E-state index >= 15 is 0 Å². The van der Waals surface area contributed by atoms with Crippen LogP contribution >= 0.6 is 0 Å². The van der Waals surface area contributed by atoms with Crippen molar-refractivity contribution in [2.75, 3.05) is 14.2 Å². The fraction of sp³-hybridized carbons (Fsp3) is 0.607. The van der Waals surface area contributed by atoms with E-state index in [9.17, 15) is 9.59 Å². The largest absolute Gasteiger partial charge is 0.496 e. The van der Waals surface area contributed by atoms with Crippen molar-refractivity contribution in [3.05, 3.63) is 30.0 Å². The Hall–Kier alpha value is -3.03. The molecule has 0 spiro atoms. The second kappa shape index (κ2) is 12.8. The molecule has 8 nitrogen and oxygen atoms in total. The summed E-state index contributed by atoms with van der Waals surface area (Å²) in [6, 6.07) is 7.37. The molecule has 1 saturated carbocycles. The molecule has 3 rings (SSSR count). The zero-order valence-electron chi connectivity index (χ0n) is 22.6. The van der Waals surface area contributed by atoms with Crippen LogP contribution in [0.1, 0.15) is 76.7 Å². The summed E-state index contributed by atoms with van der Waals surface area (Å²) in [6.07, 6.45) is 5.62. The van der Waals surface area contributed by atoms with Crippen molar-refractivity contribution >= 4 is 11.8 Å². The Morgan fingerprint density at radius 1 is 1.11 bits per heavy atom. The summed E-state index contributed by atoms with van der Waals surface area (Å²) in [5.74, 6) is 1.45. The minimum atomic E-state index is -0.291. The molecule has 0 saturated heterocycles. The fourth-order valence-electron chi connectivity index (χ4n) is 4.65. The number of carbonyl (C=O) groups is 2. The first-order chi connectivity index (χ1) is 17.3. The van der Waals surface area contributed by atoms with Gasteiger partial charge in [-0.05, 0) is 42.9 Å². The topological polar surface area (TPSA) is 94.5 Å². The minimum absolute atomic E-state index is 0.0114. The Kier molecular flexibility index (Phi) is 9.79. The van der Waals surface area contributed by atoms with Gasteiger partial charge in [-0.15, -0.1) is 0 Å². The number of benzene rings is 1. The summed E-state index contributed by atoms with van der Waals surface area (Å²) in [5, 5.41) is 10.9. The standard InChI is InChI=1S/C28H42N4O4/c1-7-19(4)17-32-23(27-24(35-5)13-10-14-25(27)36-6)15-22(31-32)28(34)30-21(18(2)3)16-26(33)29-20-11-8-9-12-20/h10,13-15,18-21H,7-9,11-12,16-17H2,1-6H3,(H,29,33)(H,30,34). The quantitative estimate of drug-likeness (QED) is 0.438. The summed E-state index contributed by atoms with van der Waals surface area (Å²) < 4.78 is 13.1. The van der Waals surface area contributed by atoms with Gasteiger partial charge in [-0.2, -0.15) is 5.10 Å². The zero-order valence-corrected chi connectivity index (χ0v) is 22.6. The van der Waals surface area contributed by atoms with Crippen LogP contribution in [-0.2, 0) is 11.3 Å². The molecule has 0 bridgehead atoms. The van der Waals surface area contributed by atoms with Crippen LogP contribution in [0, 0.1) is 11.8 Å². The van der Waals surface area contributed by atoms with Crippen LogP contribution in [0.3, 0.4) is 0 Å². The average molecular weight is 499 g/mol. The van der Waals surface area contributed by atoms with E-state index < -0.39 is 0 Å². The first kappa shape index (κ1) is 27.6. The van der Waals surface area contributed by atoms with Crippen LogP contribution < -0.4 is 20.1 Å². The molecule has 2 aromatic rings. The maximum atomic E-state index is 13.4. The number of hydrogen-bond donors (Lipinski definition) is 2. The van der Waals surface area contributed by atoms with Gasteiger partial charge in [0.05, 0.1) is 25.5 Å². The Morgan fingerprint density at radius 3 is 2.31 bits per heavy atom. The zero-order chi connectivity index (χ0) is 26.2. The third kappa shape index (κ3) is 6.80. The van der Waals surface area contributed by atoms with Gasteiger partial charge in [-0.1, -0.05) is 53.0 Å². The molecule has 1 aliphatic carbocycles. The number of nitrogens with one attached hydrogen (secondary N) is 2. The van der Waals surface area contributed by atoms with Gasteiger partial charge in [-0.25, -0.2) is 0 Å². The van der Waals surface area contributed by atoms with Crippen molar-refractivity contribution in [1.82, 2.24) is 20.4 Å². The summed E-state index contributed by atoms with van der Waals surface area (Å²) in [4.78, 5) is 26.0. The van der Waals surface area contributed by atoms with E-state index in [1.807, 2.05) is 36.7 Å². The lowest BCUT2D eigenvalue weighted by Crippen LogP contribution is -2.44. The van der Waals surface area contributed by atoms with E-state index in [0.29, 0.717) is 29.7 Å². The van der Waals surface area contributed by atoms with E-state index in [4.69, 9.17) is 14.6 Å². The van der Waals surface area contributed by atoms with Gasteiger partial charge in [0.1, 0.15) is 11.5 Å². The highest BCUT2D eigenvalue weighted by Crippen LogP contribution is 2.39. The molecular weight excluding hydrogens is 456 g/mol. The summed E-state index contributed by atoms with van der Waals surface area (Å²) in [6.45, 7) is 8.97. The maximum absolute atomic E-state index is 13.4. The average Bonchev–Trinajstić information content (AvgIpc) is 3.52. The third-order valence-electron chi connectivity index (χ3n) is 7.12.